The quantitative estimate of drug-likeness (QED) is 0.668. The van der Waals surface area contributed by atoms with Crippen LogP contribution in [0.1, 0.15) is 44.1 Å². The molecular weight excluding hydrogens is 320 g/mol. The van der Waals surface area contributed by atoms with Crippen molar-refractivity contribution in [2.75, 3.05) is 13.7 Å². The van der Waals surface area contributed by atoms with E-state index in [0.717, 1.165) is 43.4 Å². The molecule has 0 aromatic heterocycles. The normalized spacial score (nSPS) is 17.5. The maximum atomic E-state index is 12.3. The van der Waals surface area contributed by atoms with Gasteiger partial charge in [0, 0.05) is 6.54 Å². The lowest BCUT2D eigenvalue weighted by atomic mass is 9.71. The highest BCUT2D eigenvalue weighted by Gasteiger charge is 2.35. The standard InChI is InChI=1S/C19H28N2O4/c1-25-15-7-5-14(6-8-15)11-16(20)18(24)21-13-19(12-17(22)23)9-3-2-4-10-19/h5-8,16H,2-4,9-13,20H2,1H3,(H,21,24)(H,22,23)/t16-/m1/s1. The smallest absolute Gasteiger partial charge is 0.303 e. The molecule has 1 fully saturated rings. The van der Waals surface area contributed by atoms with E-state index in [4.69, 9.17) is 10.5 Å². The molecule has 0 heterocycles. The monoisotopic (exact) mass is 348 g/mol. The SMILES string of the molecule is COc1ccc(C[C@@H](N)C(=O)NCC2(CC(=O)O)CCCCC2)cc1. The zero-order valence-corrected chi connectivity index (χ0v) is 14.8. The van der Waals surface area contributed by atoms with Crippen LogP contribution in [-0.2, 0) is 16.0 Å². The number of rotatable bonds is 8. The lowest BCUT2D eigenvalue weighted by Crippen LogP contribution is -2.47. The third-order valence-electron chi connectivity index (χ3n) is 5.03. The summed E-state index contributed by atoms with van der Waals surface area (Å²) in [5.74, 6) is -0.278. The van der Waals surface area contributed by atoms with E-state index < -0.39 is 12.0 Å². The molecule has 0 bridgehead atoms. The number of carbonyl (C=O) groups is 2. The number of hydrogen-bond donors (Lipinski definition) is 3. The van der Waals surface area contributed by atoms with Gasteiger partial charge in [-0.2, -0.15) is 0 Å². The van der Waals surface area contributed by atoms with E-state index in [1.807, 2.05) is 24.3 Å². The molecule has 25 heavy (non-hydrogen) atoms. The van der Waals surface area contributed by atoms with Gasteiger partial charge in [0.1, 0.15) is 5.75 Å². The zero-order chi connectivity index (χ0) is 18.3. The first-order chi connectivity index (χ1) is 11.9. The van der Waals surface area contributed by atoms with Gasteiger partial charge in [-0.15, -0.1) is 0 Å². The summed E-state index contributed by atoms with van der Waals surface area (Å²) in [7, 11) is 1.60. The minimum atomic E-state index is -0.807. The molecule has 0 spiro atoms. The van der Waals surface area contributed by atoms with E-state index in [2.05, 4.69) is 5.32 Å². The van der Waals surface area contributed by atoms with Gasteiger partial charge in [0.15, 0.2) is 0 Å². The Morgan fingerprint density at radius 2 is 1.88 bits per heavy atom. The summed E-state index contributed by atoms with van der Waals surface area (Å²) in [5.41, 5.74) is 6.65. The van der Waals surface area contributed by atoms with Gasteiger partial charge < -0.3 is 20.9 Å². The van der Waals surface area contributed by atoms with Crippen LogP contribution in [0.5, 0.6) is 5.75 Å². The third kappa shape index (κ3) is 5.74. The fourth-order valence-electron chi connectivity index (χ4n) is 3.55. The van der Waals surface area contributed by atoms with Crippen LogP contribution in [0.3, 0.4) is 0 Å². The molecule has 2 rings (SSSR count). The number of methoxy groups -OCH3 is 1. The van der Waals surface area contributed by atoms with Crippen LogP contribution in [0.15, 0.2) is 24.3 Å². The summed E-state index contributed by atoms with van der Waals surface area (Å²) < 4.78 is 5.11. The number of carbonyl (C=O) groups excluding carboxylic acids is 1. The molecule has 0 unspecified atom stereocenters. The molecule has 1 aliphatic rings. The molecule has 1 aliphatic carbocycles. The van der Waals surface area contributed by atoms with E-state index >= 15 is 0 Å². The highest BCUT2D eigenvalue weighted by molar-refractivity contribution is 5.82. The van der Waals surface area contributed by atoms with Gasteiger partial charge >= 0.3 is 5.97 Å². The predicted molar refractivity (Wildman–Crippen MR) is 95.5 cm³/mol. The molecule has 1 aromatic rings. The second kappa shape index (κ2) is 8.85. The summed E-state index contributed by atoms with van der Waals surface area (Å²) in [6.07, 6.45) is 5.37. The van der Waals surface area contributed by atoms with Crippen LogP contribution in [0, 0.1) is 5.41 Å². The fraction of sp³-hybridized carbons (Fsp3) is 0.579. The second-order valence-electron chi connectivity index (χ2n) is 7.01. The lowest BCUT2D eigenvalue weighted by Gasteiger charge is -2.36. The van der Waals surface area contributed by atoms with E-state index in [1.54, 1.807) is 7.11 Å². The van der Waals surface area contributed by atoms with Crippen molar-refractivity contribution in [2.45, 2.75) is 51.0 Å². The first kappa shape index (κ1) is 19.2. The minimum Gasteiger partial charge on any atom is -0.497 e. The van der Waals surface area contributed by atoms with E-state index in [-0.39, 0.29) is 17.7 Å². The van der Waals surface area contributed by atoms with Gasteiger partial charge in [-0.25, -0.2) is 0 Å². The lowest BCUT2D eigenvalue weighted by molar-refractivity contribution is -0.140. The Bertz CT molecular complexity index is 580. The fourth-order valence-corrected chi connectivity index (χ4v) is 3.55. The average molecular weight is 348 g/mol. The van der Waals surface area contributed by atoms with Gasteiger partial charge in [0.05, 0.1) is 19.6 Å². The summed E-state index contributed by atoms with van der Waals surface area (Å²) >= 11 is 0. The number of amides is 1. The number of carboxylic acid groups (broad SMARTS) is 1. The maximum Gasteiger partial charge on any atom is 0.303 e. The first-order valence-corrected chi connectivity index (χ1v) is 8.82. The summed E-state index contributed by atoms with van der Waals surface area (Å²) in [5, 5.41) is 12.1. The molecule has 1 amide bonds. The summed E-state index contributed by atoms with van der Waals surface area (Å²) in [6.45, 7) is 0.383. The van der Waals surface area contributed by atoms with Crippen molar-refractivity contribution < 1.29 is 19.4 Å². The Hall–Kier alpha value is -2.08. The molecule has 1 saturated carbocycles. The predicted octanol–water partition coefficient (Wildman–Crippen LogP) is 2.11. The molecule has 1 atom stereocenters. The van der Waals surface area contributed by atoms with Crippen molar-refractivity contribution in [3.8, 4) is 5.75 Å². The second-order valence-corrected chi connectivity index (χ2v) is 7.01. The van der Waals surface area contributed by atoms with Gasteiger partial charge in [-0.05, 0) is 42.4 Å². The third-order valence-corrected chi connectivity index (χ3v) is 5.03. The topological polar surface area (TPSA) is 102 Å². The first-order valence-electron chi connectivity index (χ1n) is 8.82. The van der Waals surface area contributed by atoms with Crippen molar-refractivity contribution in [3.05, 3.63) is 29.8 Å². The van der Waals surface area contributed by atoms with Crippen LogP contribution < -0.4 is 15.8 Å². The number of nitrogens with one attached hydrogen (secondary N) is 1. The Kier molecular flexibility index (Phi) is 6.82. The van der Waals surface area contributed by atoms with Crippen molar-refractivity contribution >= 4 is 11.9 Å². The van der Waals surface area contributed by atoms with Crippen LogP contribution in [-0.4, -0.2) is 36.7 Å². The van der Waals surface area contributed by atoms with E-state index in [0.29, 0.717) is 13.0 Å². The Labute approximate surface area is 148 Å². The molecule has 138 valence electrons. The van der Waals surface area contributed by atoms with Crippen molar-refractivity contribution in [1.82, 2.24) is 5.32 Å². The average Bonchev–Trinajstić information content (AvgIpc) is 2.60. The highest BCUT2D eigenvalue weighted by atomic mass is 16.5. The molecule has 0 saturated heterocycles. The molecular formula is C19H28N2O4. The number of nitrogens with two attached hydrogens (primary N) is 1. The van der Waals surface area contributed by atoms with Gasteiger partial charge in [-0.3, -0.25) is 9.59 Å². The Morgan fingerprint density at radius 1 is 1.24 bits per heavy atom. The largest absolute Gasteiger partial charge is 0.497 e. The van der Waals surface area contributed by atoms with Gasteiger partial charge in [-0.1, -0.05) is 31.4 Å². The Morgan fingerprint density at radius 3 is 2.44 bits per heavy atom. The Balaban J connectivity index is 1.89. The molecule has 6 nitrogen and oxygen atoms in total. The van der Waals surface area contributed by atoms with Crippen molar-refractivity contribution in [2.24, 2.45) is 11.1 Å². The molecule has 0 radical (unpaired) electrons. The maximum absolute atomic E-state index is 12.3. The number of ether oxygens (including phenoxy) is 1. The van der Waals surface area contributed by atoms with Gasteiger partial charge in [0.2, 0.25) is 5.91 Å². The molecule has 0 aliphatic heterocycles. The zero-order valence-electron chi connectivity index (χ0n) is 14.8. The highest BCUT2D eigenvalue weighted by Crippen LogP contribution is 2.38. The summed E-state index contributed by atoms with van der Waals surface area (Å²) in [4.78, 5) is 23.5. The number of benzene rings is 1. The van der Waals surface area contributed by atoms with Crippen molar-refractivity contribution in [1.29, 1.82) is 0 Å². The number of hydrogen-bond acceptors (Lipinski definition) is 4. The van der Waals surface area contributed by atoms with Crippen LogP contribution >= 0.6 is 0 Å². The molecule has 4 N–H and O–H groups in total. The van der Waals surface area contributed by atoms with Crippen LogP contribution in [0.25, 0.3) is 0 Å². The summed E-state index contributed by atoms with van der Waals surface area (Å²) in [6, 6.07) is 6.80. The van der Waals surface area contributed by atoms with Crippen molar-refractivity contribution in [3.63, 3.8) is 0 Å². The van der Waals surface area contributed by atoms with Crippen LogP contribution in [0.4, 0.5) is 0 Å². The number of aliphatic carboxylic acids is 1. The van der Waals surface area contributed by atoms with E-state index in [1.165, 1.54) is 0 Å². The number of carboxylic acids is 1. The van der Waals surface area contributed by atoms with E-state index in [9.17, 15) is 14.7 Å². The molecule has 6 heteroatoms. The minimum absolute atomic E-state index is 0.0982. The van der Waals surface area contributed by atoms with Gasteiger partial charge in [0.25, 0.3) is 0 Å². The van der Waals surface area contributed by atoms with Crippen LogP contribution in [0.2, 0.25) is 0 Å². The molecule has 1 aromatic carbocycles.